The van der Waals surface area contributed by atoms with Crippen molar-refractivity contribution in [3.8, 4) is 5.75 Å². The number of hydrogen-bond donors (Lipinski definition) is 3. The van der Waals surface area contributed by atoms with Crippen molar-refractivity contribution in [3.63, 3.8) is 0 Å². The van der Waals surface area contributed by atoms with E-state index in [2.05, 4.69) is 16.2 Å². The second-order valence-electron chi connectivity index (χ2n) is 6.26. The molecule has 31 heavy (non-hydrogen) atoms. The summed E-state index contributed by atoms with van der Waals surface area (Å²) in [5, 5.41) is 2.91. The van der Waals surface area contributed by atoms with Gasteiger partial charge in [-0.2, -0.15) is 0 Å². The van der Waals surface area contributed by atoms with Gasteiger partial charge in [-0.1, -0.05) is 65.7 Å². The predicted molar refractivity (Wildman–Crippen MR) is 124 cm³/mol. The van der Waals surface area contributed by atoms with Crippen LogP contribution in [0, 0.1) is 0 Å². The average Bonchev–Trinajstić information content (AvgIpc) is 2.77. The molecule has 2 amide bonds. The van der Waals surface area contributed by atoms with Crippen LogP contribution in [-0.4, -0.2) is 16.9 Å². The van der Waals surface area contributed by atoms with Gasteiger partial charge in [0.05, 0.1) is 16.1 Å². The lowest BCUT2D eigenvalue weighted by Gasteiger charge is -2.14. The number of nitrogens with one attached hydrogen (secondary N) is 3. The zero-order valence-electron chi connectivity index (χ0n) is 16.0. The van der Waals surface area contributed by atoms with E-state index in [4.69, 9.17) is 40.2 Å². The monoisotopic (exact) mass is 473 g/mol. The zero-order chi connectivity index (χ0) is 22.2. The highest BCUT2D eigenvalue weighted by Crippen LogP contribution is 2.21. The van der Waals surface area contributed by atoms with Gasteiger partial charge in [-0.15, -0.1) is 0 Å². The fraction of sp³-hybridized carbons (Fsp3) is 0.0455. The quantitative estimate of drug-likeness (QED) is 0.374. The Labute approximate surface area is 194 Å². The zero-order valence-corrected chi connectivity index (χ0v) is 18.4. The summed E-state index contributed by atoms with van der Waals surface area (Å²) < 4.78 is 5.78. The molecule has 9 heteroatoms. The Morgan fingerprint density at radius 3 is 2.29 bits per heavy atom. The van der Waals surface area contributed by atoms with Crippen LogP contribution in [-0.2, 0) is 6.61 Å². The maximum absolute atomic E-state index is 12.6. The molecule has 0 atom stereocenters. The molecule has 0 spiro atoms. The van der Waals surface area contributed by atoms with Crippen LogP contribution in [0.1, 0.15) is 26.3 Å². The number of rotatable bonds is 5. The van der Waals surface area contributed by atoms with Gasteiger partial charge in [-0.3, -0.25) is 25.8 Å². The molecule has 0 aromatic heterocycles. The molecule has 0 saturated carbocycles. The fourth-order valence-corrected chi connectivity index (χ4v) is 3.21. The van der Waals surface area contributed by atoms with E-state index in [-0.39, 0.29) is 15.7 Å². The van der Waals surface area contributed by atoms with E-state index in [1.54, 1.807) is 24.3 Å². The molecule has 158 valence electrons. The number of carbonyl (C=O) groups is 2. The summed E-state index contributed by atoms with van der Waals surface area (Å²) in [5.41, 5.74) is 6.40. The number of hydrazine groups is 1. The van der Waals surface area contributed by atoms with Crippen LogP contribution in [0.25, 0.3) is 0 Å². The first kappa shape index (κ1) is 22.6. The van der Waals surface area contributed by atoms with Gasteiger partial charge < -0.3 is 4.74 Å². The summed E-state index contributed by atoms with van der Waals surface area (Å²) in [7, 11) is 0. The maximum Gasteiger partial charge on any atom is 0.273 e. The molecule has 0 bridgehead atoms. The molecule has 0 aliphatic heterocycles. The van der Waals surface area contributed by atoms with Gasteiger partial charge in [0.25, 0.3) is 11.8 Å². The molecule has 3 N–H and O–H groups in total. The lowest BCUT2D eigenvalue weighted by Crippen LogP contribution is -2.48. The number of hydrogen-bond acceptors (Lipinski definition) is 4. The highest BCUT2D eigenvalue weighted by molar-refractivity contribution is 7.80. The number of thiocarbonyl (C=S) groups is 1. The molecular formula is C22H17Cl2N3O3S. The predicted octanol–water partition coefficient (Wildman–Crippen LogP) is 4.52. The second-order valence-corrected chi connectivity index (χ2v) is 7.51. The SMILES string of the molecule is O=C(NC(=S)NNC(=O)c1ccccc1OCc1ccccc1)c1ccc(Cl)cc1Cl. The van der Waals surface area contributed by atoms with E-state index in [9.17, 15) is 9.59 Å². The average molecular weight is 474 g/mol. The third-order valence-corrected chi connectivity index (χ3v) is 4.81. The Bertz CT molecular complexity index is 1110. The van der Waals surface area contributed by atoms with Crippen molar-refractivity contribution in [1.29, 1.82) is 0 Å². The summed E-state index contributed by atoms with van der Waals surface area (Å²) in [6.07, 6.45) is 0. The molecule has 3 rings (SSSR count). The Morgan fingerprint density at radius 1 is 0.839 bits per heavy atom. The molecule has 0 saturated heterocycles. The fourth-order valence-electron chi connectivity index (χ4n) is 2.57. The standard InChI is InChI=1S/C22H17Cl2N3O3S/c23-15-10-11-16(18(24)12-15)20(28)25-22(31)27-26-21(29)17-8-4-5-9-19(17)30-13-14-6-2-1-3-7-14/h1-12H,13H2,(H,26,29)(H2,25,27,28,31). The molecule has 0 aliphatic carbocycles. The van der Waals surface area contributed by atoms with E-state index >= 15 is 0 Å². The van der Waals surface area contributed by atoms with Crippen LogP contribution in [0.15, 0.2) is 72.8 Å². The number of carbonyl (C=O) groups excluding carboxylic acids is 2. The minimum Gasteiger partial charge on any atom is -0.488 e. The van der Waals surface area contributed by atoms with Gasteiger partial charge in [0.2, 0.25) is 0 Å². The van der Waals surface area contributed by atoms with Gasteiger partial charge in [0, 0.05) is 5.02 Å². The van der Waals surface area contributed by atoms with E-state index in [0.717, 1.165) is 5.56 Å². The molecule has 6 nitrogen and oxygen atoms in total. The van der Waals surface area contributed by atoms with Crippen molar-refractivity contribution in [2.45, 2.75) is 6.61 Å². The van der Waals surface area contributed by atoms with Gasteiger partial charge >= 0.3 is 0 Å². The van der Waals surface area contributed by atoms with Crippen molar-refractivity contribution in [2.75, 3.05) is 0 Å². The lowest BCUT2D eigenvalue weighted by molar-refractivity contribution is 0.0930. The normalized spacial score (nSPS) is 10.1. The van der Waals surface area contributed by atoms with Gasteiger partial charge in [0.1, 0.15) is 12.4 Å². The summed E-state index contributed by atoms with van der Waals surface area (Å²) in [6.45, 7) is 0.314. The first-order valence-electron chi connectivity index (χ1n) is 9.06. The topological polar surface area (TPSA) is 79.5 Å². The molecule has 0 fully saturated rings. The number of halogens is 2. The van der Waals surface area contributed by atoms with E-state index in [1.807, 2.05) is 30.3 Å². The van der Waals surface area contributed by atoms with Crippen LogP contribution in [0.2, 0.25) is 10.0 Å². The number of benzene rings is 3. The maximum atomic E-state index is 12.6. The minimum atomic E-state index is -0.542. The molecule has 3 aromatic carbocycles. The lowest BCUT2D eigenvalue weighted by atomic mass is 10.2. The molecule has 0 aliphatic rings. The van der Waals surface area contributed by atoms with Gasteiger partial charge in [0.15, 0.2) is 5.11 Å². The van der Waals surface area contributed by atoms with Crippen molar-refractivity contribution in [2.24, 2.45) is 0 Å². The Morgan fingerprint density at radius 2 is 1.55 bits per heavy atom. The van der Waals surface area contributed by atoms with Crippen LogP contribution in [0.5, 0.6) is 5.75 Å². The molecule has 0 unspecified atom stereocenters. The first-order valence-corrected chi connectivity index (χ1v) is 10.2. The van der Waals surface area contributed by atoms with Crippen molar-refractivity contribution in [3.05, 3.63) is 99.5 Å². The Kier molecular flexibility index (Phi) is 7.83. The van der Waals surface area contributed by atoms with Crippen molar-refractivity contribution < 1.29 is 14.3 Å². The van der Waals surface area contributed by atoms with Crippen molar-refractivity contribution in [1.82, 2.24) is 16.2 Å². The van der Waals surface area contributed by atoms with Gasteiger partial charge in [-0.05, 0) is 48.1 Å². The number of para-hydroxylation sites is 1. The molecule has 3 aromatic rings. The Balaban J connectivity index is 1.56. The summed E-state index contributed by atoms with van der Waals surface area (Å²) in [4.78, 5) is 24.8. The van der Waals surface area contributed by atoms with E-state index in [0.29, 0.717) is 22.9 Å². The van der Waals surface area contributed by atoms with Crippen LogP contribution >= 0.6 is 35.4 Å². The number of ether oxygens (including phenoxy) is 1. The third-order valence-electron chi connectivity index (χ3n) is 4.06. The molecule has 0 radical (unpaired) electrons. The third kappa shape index (κ3) is 6.42. The van der Waals surface area contributed by atoms with Crippen molar-refractivity contribution >= 4 is 52.3 Å². The number of amides is 2. The second kappa shape index (κ2) is 10.8. The smallest absolute Gasteiger partial charge is 0.273 e. The summed E-state index contributed by atoms with van der Waals surface area (Å²) in [6, 6.07) is 20.8. The van der Waals surface area contributed by atoms with Crippen LogP contribution in [0.3, 0.4) is 0 Å². The van der Waals surface area contributed by atoms with E-state index in [1.165, 1.54) is 18.2 Å². The Hall–Kier alpha value is -3.13. The van der Waals surface area contributed by atoms with E-state index < -0.39 is 11.8 Å². The largest absolute Gasteiger partial charge is 0.488 e. The highest BCUT2D eigenvalue weighted by atomic mass is 35.5. The minimum absolute atomic E-state index is 0.105. The first-order chi connectivity index (χ1) is 14.9. The van der Waals surface area contributed by atoms with Gasteiger partial charge in [-0.25, -0.2) is 0 Å². The van der Waals surface area contributed by atoms with Crippen LogP contribution in [0.4, 0.5) is 0 Å². The summed E-state index contributed by atoms with van der Waals surface area (Å²) >= 11 is 16.9. The highest BCUT2D eigenvalue weighted by Gasteiger charge is 2.15. The molecule has 0 heterocycles. The molecular weight excluding hydrogens is 457 g/mol. The van der Waals surface area contributed by atoms with Crippen LogP contribution < -0.4 is 20.9 Å². The summed E-state index contributed by atoms with van der Waals surface area (Å²) in [5.74, 6) is -0.613.